The van der Waals surface area contributed by atoms with Crippen molar-refractivity contribution in [3.63, 3.8) is 0 Å². The molecule has 1 amide bonds. The lowest BCUT2D eigenvalue weighted by molar-refractivity contribution is 0.0206. The van der Waals surface area contributed by atoms with Gasteiger partial charge in [0.1, 0.15) is 21.1 Å². The van der Waals surface area contributed by atoms with E-state index >= 15 is 0 Å². The summed E-state index contributed by atoms with van der Waals surface area (Å²) < 4.78 is 40.2. The van der Waals surface area contributed by atoms with E-state index in [-0.39, 0.29) is 22.1 Å². The molecule has 0 bridgehead atoms. The first-order valence-electron chi connectivity index (χ1n) is 14.0. The van der Waals surface area contributed by atoms with Gasteiger partial charge in [-0.2, -0.15) is 0 Å². The van der Waals surface area contributed by atoms with E-state index in [1.54, 1.807) is 53.0 Å². The molecule has 11 nitrogen and oxygen atoms in total. The fraction of sp³-hybridized carbons (Fsp3) is 0.333. The Morgan fingerprint density at radius 1 is 1.14 bits per heavy atom. The van der Waals surface area contributed by atoms with E-state index < -0.39 is 15.6 Å². The predicted molar refractivity (Wildman–Crippen MR) is 171 cm³/mol. The monoisotopic (exact) mass is 656 g/mol. The number of nitrogens with zero attached hydrogens (tertiary/aromatic N) is 4. The molecule has 0 saturated carbocycles. The highest BCUT2D eigenvalue weighted by atomic mass is 35.5. The van der Waals surface area contributed by atoms with Gasteiger partial charge in [-0.15, -0.1) is 11.3 Å². The lowest BCUT2D eigenvalue weighted by Gasteiger charge is -2.34. The van der Waals surface area contributed by atoms with Crippen molar-refractivity contribution < 1.29 is 22.7 Å². The predicted octanol–water partition coefficient (Wildman–Crippen LogP) is 6.97. The van der Waals surface area contributed by atoms with Crippen LogP contribution in [0.1, 0.15) is 39.2 Å². The lowest BCUT2D eigenvalue weighted by Crippen LogP contribution is -2.47. The lowest BCUT2D eigenvalue weighted by atomic mass is 10.1. The van der Waals surface area contributed by atoms with Crippen molar-refractivity contribution in [3.8, 4) is 22.2 Å². The Labute approximate surface area is 265 Å². The van der Waals surface area contributed by atoms with Gasteiger partial charge in [-0.25, -0.2) is 28.2 Å². The topological polar surface area (TPSA) is 136 Å². The summed E-state index contributed by atoms with van der Waals surface area (Å²) in [6, 6.07) is 13.0. The van der Waals surface area contributed by atoms with Crippen LogP contribution in [0.25, 0.3) is 10.6 Å². The number of carbonyl (C=O) groups is 1. The van der Waals surface area contributed by atoms with E-state index in [1.807, 2.05) is 27.7 Å². The summed E-state index contributed by atoms with van der Waals surface area (Å²) in [4.78, 5) is 28.4. The van der Waals surface area contributed by atoms with Crippen LogP contribution in [0.2, 0.25) is 5.02 Å². The number of amides is 1. The molecule has 2 aromatic carbocycles. The van der Waals surface area contributed by atoms with Crippen LogP contribution in [0, 0.1) is 6.92 Å². The molecule has 1 atom stereocenters. The Hall–Kier alpha value is -3.94. The molecule has 2 N–H and O–H groups in total. The number of hydrogen-bond acceptors (Lipinski definition) is 10. The normalized spacial score (nSPS) is 15.5. The van der Waals surface area contributed by atoms with Gasteiger partial charge in [-0.05, 0) is 70.4 Å². The van der Waals surface area contributed by atoms with Crippen LogP contribution in [0.3, 0.4) is 0 Å². The molecule has 5 rings (SSSR count). The van der Waals surface area contributed by atoms with Crippen molar-refractivity contribution >= 4 is 50.7 Å². The van der Waals surface area contributed by atoms with Crippen molar-refractivity contribution in [1.82, 2.24) is 19.9 Å². The summed E-state index contributed by atoms with van der Waals surface area (Å²) in [7, 11) is -3.92. The van der Waals surface area contributed by atoms with Gasteiger partial charge >= 0.3 is 6.09 Å². The van der Waals surface area contributed by atoms with Crippen LogP contribution < -0.4 is 14.8 Å². The highest BCUT2D eigenvalue weighted by molar-refractivity contribution is 7.92. The smallest absolute Gasteiger partial charge is 0.410 e. The summed E-state index contributed by atoms with van der Waals surface area (Å²) in [6.45, 7) is 8.52. The van der Waals surface area contributed by atoms with Crippen LogP contribution >= 0.6 is 22.9 Å². The second-order valence-corrected chi connectivity index (χ2v) is 14.2. The molecule has 3 heterocycles. The van der Waals surface area contributed by atoms with Crippen molar-refractivity contribution in [2.24, 2.45) is 0 Å². The minimum atomic E-state index is -3.92. The molecule has 0 radical (unpaired) electrons. The Morgan fingerprint density at radius 3 is 2.70 bits per heavy atom. The third kappa shape index (κ3) is 7.76. The quantitative estimate of drug-likeness (QED) is 0.206. The number of sulfonamides is 1. The number of benzene rings is 2. The van der Waals surface area contributed by atoms with Crippen molar-refractivity contribution in [2.75, 3.05) is 23.1 Å². The van der Waals surface area contributed by atoms with Gasteiger partial charge in [-0.3, -0.25) is 4.72 Å². The number of aryl methyl sites for hydroxylation is 1. The second-order valence-electron chi connectivity index (χ2n) is 11.3. The van der Waals surface area contributed by atoms with E-state index in [2.05, 4.69) is 20.0 Å². The minimum absolute atomic E-state index is 0.0227. The van der Waals surface area contributed by atoms with E-state index in [1.165, 1.54) is 23.5 Å². The Balaban J connectivity index is 1.30. The summed E-state index contributed by atoms with van der Waals surface area (Å²) in [5.74, 6) is 1.17. The van der Waals surface area contributed by atoms with Gasteiger partial charge in [-0.1, -0.05) is 29.8 Å². The van der Waals surface area contributed by atoms with Gasteiger partial charge in [0.25, 0.3) is 10.0 Å². The zero-order valence-corrected chi connectivity index (χ0v) is 27.1. The van der Waals surface area contributed by atoms with Crippen molar-refractivity contribution in [2.45, 2.75) is 57.1 Å². The van der Waals surface area contributed by atoms with E-state index in [0.29, 0.717) is 46.9 Å². The second kappa shape index (κ2) is 13.0. The first-order valence-corrected chi connectivity index (χ1v) is 16.7. The number of anilines is 2. The van der Waals surface area contributed by atoms with Crippen LogP contribution in [0.4, 0.5) is 16.4 Å². The Bertz CT molecular complexity index is 1760. The number of hydrogen-bond donors (Lipinski definition) is 2. The third-order valence-electron chi connectivity index (χ3n) is 6.60. The SMILES string of the molecule is Cc1ccc(NS(=O)(=O)c2ccccc2Cl)cc1Oc1ncsc1-c1ccnc(N[C@H]2CCCN(C(=O)OC(C)(C)C)C2)n1. The van der Waals surface area contributed by atoms with Gasteiger partial charge in [0.2, 0.25) is 11.8 Å². The summed E-state index contributed by atoms with van der Waals surface area (Å²) in [5.41, 5.74) is 2.78. The Kier molecular flexibility index (Phi) is 9.28. The number of likely N-dealkylation sites (tertiary alicyclic amines) is 1. The van der Waals surface area contributed by atoms with E-state index in [0.717, 1.165) is 18.4 Å². The standard InChI is InChI=1S/C30H33ClN6O5S2/c1-19-11-12-20(36-44(39,40)25-10-6-5-9-22(25)31)16-24(19)41-27-26(43-18-33-27)23-13-14-32-28(35-23)34-21-8-7-15-37(17-21)29(38)42-30(2,3)4/h5-6,9-14,16,18,21,36H,7-8,15,17H2,1-4H3,(H,32,34,35)/t21-/m0/s1. The molecule has 0 aliphatic carbocycles. The highest BCUT2D eigenvalue weighted by Crippen LogP contribution is 2.37. The zero-order valence-electron chi connectivity index (χ0n) is 24.7. The van der Waals surface area contributed by atoms with Gasteiger partial charge in [0.05, 0.1) is 21.9 Å². The van der Waals surface area contributed by atoms with Crippen LogP contribution in [-0.2, 0) is 14.8 Å². The van der Waals surface area contributed by atoms with Crippen molar-refractivity contribution in [3.05, 3.63) is 70.8 Å². The fourth-order valence-electron chi connectivity index (χ4n) is 4.55. The molecule has 14 heteroatoms. The molecular weight excluding hydrogens is 624 g/mol. The zero-order chi connectivity index (χ0) is 31.5. The Morgan fingerprint density at radius 2 is 1.93 bits per heavy atom. The molecule has 4 aromatic rings. The first kappa shape index (κ1) is 31.5. The molecule has 1 aliphatic rings. The summed E-state index contributed by atoms with van der Waals surface area (Å²) >= 11 is 7.48. The number of thiazole rings is 1. The first-order chi connectivity index (χ1) is 20.9. The number of nitrogens with one attached hydrogen (secondary N) is 2. The maximum absolute atomic E-state index is 13.0. The van der Waals surface area contributed by atoms with E-state index in [9.17, 15) is 13.2 Å². The van der Waals surface area contributed by atoms with Gasteiger partial charge < -0.3 is 19.7 Å². The number of carbonyl (C=O) groups excluding carboxylic acids is 1. The molecule has 232 valence electrons. The number of ether oxygens (including phenoxy) is 2. The fourth-order valence-corrected chi connectivity index (χ4v) is 6.81. The molecule has 44 heavy (non-hydrogen) atoms. The molecule has 2 aromatic heterocycles. The summed E-state index contributed by atoms with van der Waals surface area (Å²) in [5, 5.41) is 3.48. The van der Waals surface area contributed by atoms with Crippen molar-refractivity contribution in [1.29, 1.82) is 0 Å². The van der Waals surface area contributed by atoms with Crippen LogP contribution in [0.15, 0.2) is 65.1 Å². The molecular formula is C30H33ClN6O5S2. The molecule has 1 saturated heterocycles. The largest absolute Gasteiger partial charge is 0.444 e. The number of halogens is 1. The maximum atomic E-state index is 13.0. The average molecular weight is 657 g/mol. The number of piperidine rings is 1. The minimum Gasteiger partial charge on any atom is -0.444 e. The molecule has 1 fully saturated rings. The molecule has 1 aliphatic heterocycles. The number of rotatable bonds is 8. The van der Waals surface area contributed by atoms with Gasteiger partial charge in [0, 0.05) is 31.4 Å². The van der Waals surface area contributed by atoms with Crippen LogP contribution in [0.5, 0.6) is 11.6 Å². The molecule has 0 spiro atoms. The van der Waals surface area contributed by atoms with E-state index in [4.69, 9.17) is 26.1 Å². The van der Waals surface area contributed by atoms with Gasteiger partial charge in [0.15, 0.2) is 0 Å². The average Bonchev–Trinajstić information content (AvgIpc) is 3.42. The molecule has 0 unspecified atom stereocenters. The maximum Gasteiger partial charge on any atom is 0.410 e. The van der Waals surface area contributed by atoms with Crippen LogP contribution in [-0.4, -0.2) is 59.1 Å². The number of aromatic nitrogens is 3. The summed E-state index contributed by atoms with van der Waals surface area (Å²) in [6.07, 6.45) is 3.01. The highest BCUT2D eigenvalue weighted by Gasteiger charge is 2.28. The third-order valence-corrected chi connectivity index (χ3v) is 9.31.